The van der Waals surface area contributed by atoms with Gasteiger partial charge >= 0.3 is 51.8 Å². The van der Waals surface area contributed by atoms with E-state index in [1.54, 1.807) is 13.8 Å². The minimum absolute atomic E-state index is 0. The fraction of sp³-hybridized carbons (Fsp3) is 0.318. The Labute approximate surface area is 227 Å². The summed E-state index contributed by atoms with van der Waals surface area (Å²) in [5.41, 5.74) is 0.455. The van der Waals surface area contributed by atoms with Gasteiger partial charge in [-0.05, 0) is 38.8 Å². The summed E-state index contributed by atoms with van der Waals surface area (Å²) < 4.78 is 50.4. The number of ether oxygens (including phenoxy) is 1. The van der Waals surface area contributed by atoms with E-state index in [2.05, 4.69) is 0 Å². The van der Waals surface area contributed by atoms with Gasteiger partial charge in [-0.15, -0.1) is 0 Å². The number of hydrogen-bond donors (Lipinski definition) is 3. The maximum absolute atomic E-state index is 11.4. The number of rotatable bonds is 4. The Morgan fingerprint density at radius 1 is 0.750 bits per heavy atom. The van der Waals surface area contributed by atoms with Crippen molar-refractivity contribution in [3.05, 3.63) is 79.2 Å². The molecule has 198 valence electrons. The second-order valence-electron chi connectivity index (χ2n) is 7.25. The molecule has 0 aromatic heterocycles. The zero-order valence-corrected chi connectivity index (χ0v) is 23.0. The van der Waals surface area contributed by atoms with Crippen molar-refractivity contribution in [3.8, 4) is 0 Å². The van der Waals surface area contributed by atoms with Crippen LogP contribution in [0.5, 0.6) is 0 Å². The van der Waals surface area contributed by atoms with E-state index in [0.29, 0.717) is 0 Å². The third-order valence-corrected chi connectivity index (χ3v) is 4.22. The molecule has 0 fully saturated rings. The van der Waals surface area contributed by atoms with Crippen molar-refractivity contribution in [2.45, 2.75) is 38.5 Å². The molecule has 0 aliphatic heterocycles. The van der Waals surface area contributed by atoms with Crippen molar-refractivity contribution in [2.75, 3.05) is 7.11 Å². The zero-order chi connectivity index (χ0) is 26.2. The number of nitrogens with one attached hydrogen (secondary N) is 2. The van der Waals surface area contributed by atoms with Gasteiger partial charge in [0.2, 0.25) is 0 Å². The van der Waals surface area contributed by atoms with Crippen molar-refractivity contribution in [2.24, 2.45) is 0 Å². The van der Waals surface area contributed by atoms with E-state index < -0.39 is 37.8 Å². The van der Waals surface area contributed by atoms with E-state index in [9.17, 15) is 9.59 Å². The van der Waals surface area contributed by atoms with E-state index in [-0.39, 0.29) is 37.7 Å². The summed E-state index contributed by atoms with van der Waals surface area (Å²) in [7, 11) is -3.81. The molecule has 0 aliphatic rings. The van der Waals surface area contributed by atoms with Gasteiger partial charge in [0.15, 0.2) is 0 Å². The maximum Gasteiger partial charge on any atom is 1.00 e. The Bertz CT molecular complexity index is 1070. The smallest absolute Gasteiger partial charge is 0.870 e. The fourth-order valence-electron chi connectivity index (χ4n) is 2.21. The van der Waals surface area contributed by atoms with Crippen molar-refractivity contribution < 1.29 is 60.6 Å². The molecule has 14 heteroatoms. The van der Waals surface area contributed by atoms with Crippen LogP contribution in [0.25, 0.3) is 0 Å². The summed E-state index contributed by atoms with van der Waals surface area (Å²) in [6.07, 6.45) is 0. The number of methoxy groups -OCH3 is 1. The van der Waals surface area contributed by atoms with Crippen LogP contribution in [0.2, 0.25) is 0 Å². The Morgan fingerprint density at radius 3 is 1.22 bits per heavy atom. The van der Waals surface area contributed by atoms with Gasteiger partial charge < -0.3 is 22.7 Å². The molecule has 4 N–H and O–H groups in total. The van der Waals surface area contributed by atoms with Gasteiger partial charge in [0, 0.05) is 0 Å². The zero-order valence-electron chi connectivity index (χ0n) is 21.3. The normalized spacial score (nSPS) is 9.03. The molecule has 0 spiro atoms. The number of carbonyl (C=O) groups is 2. The van der Waals surface area contributed by atoms with E-state index in [1.807, 2.05) is 74.5 Å². The van der Waals surface area contributed by atoms with Crippen molar-refractivity contribution in [1.29, 1.82) is 9.56 Å². The van der Waals surface area contributed by atoms with Gasteiger partial charge in [-0.3, -0.25) is 9.59 Å². The fourth-order valence-corrected chi connectivity index (χ4v) is 2.21. The van der Waals surface area contributed by atoms with Crippen LogP contribution in [0.4, 0.5) is 0 Å². The summed E-state index contributed by atoms with van der Waals surface area (Å²) in [5, 5.41) is 8.89. The third kappa shape index (κ3) is 18.5. The van der Waals surface area contributed by atoms with Crippen LogP contribution in [-0.2, 0) is 46.2 Å². The van der Waals surface area contributed by atoms with Crippen LogP contribution in [0.3, 0.4) is 0 Å². The maximum atomic E-state index is 11.4. The Balaban J connectivity index is -0.000000129. The number of esters is 1. The van der Waals surface area contributed by atoms with E-state index in [0.717, 1.165) is 11.1 Å². The monoisotopic (exact) mass is 539 g/mol. The molecule has 0 heterocycles. The average Bonchev–Trinajstić information content (AvgIpc) is 2.74. The van der Waals surface area contributed by atoms with Crippen LogP contribution < -0.4 is 18.9 Å². The number of aliphatic carboxylic acids is 1. The molecule has 0 amide bonds. The average molecular weight is 540 g/mol. The molecule has 0 saturated carbocycles. The quantitative estimate of drug-likeness (QED) is 0.283. The molecule has 0 saturated heterocycles. The van der Waals surface area contributed by atoms with Crippen molar-refractivity contribution >= 4 is 32.9 Å². The predicted molar refractivity (Wildman–Crippen MR) is 130 cm³/mol. The SMILES string of the molecule is CC(C)(C(=O)O)c1ccccc1.COC(=O)C(C)(C)c1ccccc1.N=S(=O)=O.N=S(=O)=O.[CH3-].[Li+].[OH-]. The number of carbonyl (C=O) groups excluding carboxylic acids is 1. The molecule has 0 unspecified atom stereocenters. The number of hydrogen-bond acceptors (Lipinski definition) is 10. The molecular formula is C22H32LiN2O9S2-. The minimum Gasteiger partial charge on any atom is -0.870 e. The van der Waals surface area contributed by atoms with Crippen LogP contribution in [-0.4, -0.2) is 46.5 Å². The minimum atomic E-state index is -2.61. The molecule has 36 heavy (non-hydrogen) atoms. The Morgan fingerprint density at radius 2 is 1.00 bits per heavy atom. The molecule has 0 bridgehead atoms. The molecule has 0 radical (unpaired) electrons. The second-order valence-corrected chi connectivity index (χ2v) is 8.19. The van der Waals surface area contributed by atoms with Crippen LogP contribution in [0.1, 0.15) is 38.8 Å². The summed E-state index contributed by atoms with van der Waals surface area (Å²) in [5.74, 6) is -1.01. The number of carboxylic acids is 1. The van der Waals surface area contributed by atoms with Gasteiger partial charge in [0.05, 0.1) is 17.9 Å². The molecule has 2 rings (SSSR count). The van der Waals surface area contributed by atoms with Gasteiger partial charge in [-0.25, -0.2) is 0 Å². The molecule has 0 aliphatic carbocycles. The topological polar surface area (TPSA) is 210 Å². The summed E-state index contributed by atoms with van der Waals surface area (Å²) in [6.45, 7) is 7.11. The molecule has 2 aromatic carbocycles. The number of carboxylic acid groups (broad SMARTS) is 1. The van der Waals surface area contributed by atoms with Gasteiger partial charge in [-0.2, -0.15) is 26.4 Å². The first kappa shape index (κ1) is 43.3. The van der Waals surface area contributed by atoms with E-state index in [4.69, 9.17) is 36.2 Å². The standard InChI is InChI=1S/C11H14O2.C10H12O2.CH3.Li.2HNO2S.H2O/c1-11(2,10(12)13-3)9-7-5-4-6-8-9;1-10(2,9(11)12)8-6-4-3-5-7-8;;;2*1-4(2)3;/h4-8H,1-3H3;3-7H,1-2H3,(H,11,12);1H3;;2*1H;1H2/q;;-1;+1;;;/p-1. The van der Waals surface area contributed by atoms with Gasteiger partial charge in [-0.1, -0.05) is 60.7 Å². The third-order valence-electron chi connectivity index (χ3n) is 4.22. The van der Waals surface area contributed by atoms with Crippen LogP contribution in [0.15, 0.2) is 60.7 Å². The summed E-state index contributed by atoms with van der Waals surface area (Å²) in [4.78, 5) is 22.2. The summed E-state index contributed by atoms with van der Waals surface area (Å²) >= 11 is 0. The largest absolute Gasteiger partial charge is 1.00 e. The first-order valence-corrected chi connectivity index (χ1v) is 11.3. The van der Waals surface area contributed by atoms with Crippen molar-refractivity contribution in [3.63, 3.8) is 0 Å². The van der Waals surface area contributed by atoms with Crippen LogP contribution in [0, 0.1) is 17.0 Å². The number of benzene rings is 2. The first-order valence-electron chi connectivity index (χ1n) is 9.14. The molecule has 0 atom stereocenters. The van der Waals surface area contributed by atoms with Gasteiger partial charge in [0.25, 0.3) is 0 Å². The molecular weight excluding hydrogens is 507 g/mol. The molecule has 2 aromatic rings. The Kier molecular flexibility index (Phi) is 25.8. The van der Waals surface area contributed by atoms with E-state index >= 15 is 0 Å². The van der Waals surface area contributed by atoms with Crippen LogP contribution >= 0.6 is 0 Å². The predicted octanol–water partition coefficient (Wildman–Crippen LogP) is 0.719. The first-order chi connectivity index (χ1) is 15.1. The van der Waals surface area contributed by atoms with Crippen molar-refractivity contribution in [1.82, 2.24) is 0 Å². The van der Waals surface area contributed by atoms with E-state index in [1.165, 1.54) is 7.11 Å². The van der Waals surface area contributed by atoms with Gasteiger partial charge in [0.1, 0.15) is 0 Å². The second kappa shape index (κ2) is 21.5. The molecule has 11 nitrogen and oxygen atoms in total. The summed E-state index contributed by atoms with van der Waals surface area (Å²) in [6, 6.07) is 18.8. The Hall–Kier alpha value is -2.82.